The Bertz CT molecular complexity index is 489. The normalized spacial score (nSPS) is 22.3. The van der Waals surface area contributed by atoms with Gasteiger partial charge < -0.3 is 15.2 Å². The Morgan fingerprint density at radius 2 is 2.61 bits per heavy atom. The lowest BCUT2D eigenvalue weighted by molar-refractivity contribution is -0.119. The van der Waals surface area contributed by atoms with Crippen LogP contribution in [-0.4, -0.2) is 35.3 Å². The van der Waals surface area contributed by atoms with Gasteiger partial charge in [-0.2, -0.15) is 0 Å². The van der Waals surface area contributed by atoms with Crippen molar-refractivity contribution in [3.8, 4) is 11.8 Å². The Morgan fingerprint density at radius 3 is 3.28 bits per heavy atom. The van der Waals surface area contributed by atoms with E-state index in [0.29, 0.717) is 11.7 Å². The SMILES string of the molecule is CC1CC(C(=O)Nc2ncc(C#CCO)s2)CO1. The number of ether oxygens (including phenoxy) is 1. The number of aromatic nitrogens is 1. The molecule has 2 heterocycles. The van der Waals surface area contributed by atoms with Crippen molar-refractivity contribution in [1.29, 1.82) is 0 Å². The molecule has 1 aliphatic rings. The van der Waals surface area contributed by atoms with Gasteiger partial charge in [0.25, 0.3) is 0 Å². The molecule has 2 atom stereocenters. The van der Waals surface area contributed by atoms with Gasteiger partial charge in [-0.25, -0.2) is 4.98 Å². The van der Waals surface area contributed by atoms with Gasteiger partial charge in [0.1, 0.15) is 6.61 Å². The smallest absolute Gasteiger partial charge is 0.231 e. The van der Waals surface area contributed by atoms with Gasteiger partial charge in [0.2, 0.25) is 5.91 Å². The summed E-state index contributed by atoms with van der Waals surface area (Å²) in [5, 5.41) is 11.9. The number of anilines is 1. The second-order valence-electron chi connectivity index (χ2n) is 4.06. The van der Waals surface area contributed by atoms with Crippen LogP contribution in [0.5, 0.6) is 0 Å². The van der Waals surface area contributed by atoms with Crippen LogP contribution in [0.2, 0.25) is 0 Å². The molecule has 2 N–H and O–H groups in total. The molecule has 1 fully saturated rings. The van der Waals surface area contributed by atoms with Crippen molar-refractivity contribution in [3.63, 3.8) is 0 Å². The summed E-state index contributed by atoms with van der Waals surface area (Å²) in [6.07, 6.45) is 2.47. The first-order valence-electron chi connectivity index (χ1n) is 5.67. The molecular weight excluding hydrogens is 252 g/mol. The Kier molecular flexibility index (Phi) is 4.31. The van der Waals surface area contributed by atoms with E-state index in [0.717, 1.165) is 11.3 Å². The molecule has 0 saturated carbocycles. The molecule has 96 valence electrons. The van der Waals surface area contributed by atoms with Crippen molar-refractivity contribution >= 4 is 22.4 Å². The van der Waals surface area contributed by atoms with Gasteiger partial charge in [-0.15, -0.1) is 0 Å². The zero-order chi connectivity index (χ0) is 13.0. The summed E-state index contributed by atoms with van der Waals surface area (Å²) in [5.74, 6) is 5.12. The van der Waals surface area contributed by atoms with Crippen molar-refractivity contribution in [2.24, 2.45) is 5.92 Å². The monoisotopic (exact) mass is 266 g/mol. The molecule has 2 rings (SSSR count). The topological polar surface area (TPSA) is 71.5 Å². The van der Waals surface area contributed by atoms with Gasteiger partial charge in [0.15, 0.2) is 5.13 Å². The number of hydrogen-bond donors (Lipinski definition) is 2. The Labute approximate surface area is 109 Å². The van der Waals surface area contributed by atoms with Crippen LogP contribution in [0.1, 0.15) is 18.2 Å². The van der Waals surface area contributed by atoms with E-state index in [1.165, 1.54) is 11.3 Å². The summed E-state index contributed by atoms with van der Waals surface area (Å²) in [4.78, 5) is 16.7. The third kappa shape index (κ3) is 3.29. The summed E-state index contributed by atoms with van der Waals surface area (Å²) in [7, 11) is 0. The number of nitrogens with zero attached hydrogens (tertiary/aromatic N) is 1. The zero-order valence-corrected chi connectivity index (χ0v) is 10.8. The van der Waals surface area contributed by atoms with E-state index in [2.05, 4.69) is 22.1 Å². The molecule has 1 aliphatic heterocycles. The fraction of sp³-hybridized carbons (Fsp3) is 0.500. The lowest BCUT2D eigenvalue weighted by Gasteiger charge is -2.06. The number of aliphatic hydroxyl groups excluding tert-OH is 1. The summed E-state index contributed by atoms with van der Waals surface area (Å²) in [6.45, 7) is 2.24. The van der Waals surface area contributed by atoms with Crippen molar-refractivity contribution in [1.82, 2.24) is 4.98 Å². The molecule has 0 spiro atoms. The van der Waals surface area contributed by atoms with E-state index in [4.69, 9.17) is 9.84 Å². The highest BCUT2D eigenvalue weighted by Crippen LogP contribution is 2.22. The summed E-state index contributed by atoms with van der Waals surface area (Å²) >= 11 is 1.29. The van der Waals surface area contributed by atoms with E-state index in [1.54, 1.807) is 6.20 Å². The second kappa shape index (κ2) is 5.96. The van der Waals surface area contributed by atoms with E-state index in [1.807, 2.05) is 6.92 Å². The van der Waals surface area contributed by atoms with Gasteiger partial charge in [-0.3, -0.25) is 4.79 Å². The molecule has 1 amide bonds. The van der Waals surface area contributed by atoms with Crippen LogP contribution in [-0.2, 0) is 9.53 Å². The Hall–Kier alpha value is -1.42. The van der Waals surface area contributed by atoms with E-state index >= 15 is 0 Å². The fourth-order valence-corrected chi connectivity index (χ4v) is 2.42. The molecule has 1 saturated heterocycles. The van der Waals surface area contributed by atoms with Crippen LogP contribution < -0.4 is 5.32 Å². The van der Waals surface area contributed by atoms with Gasteiger partial charge in [-0.1, -0.05) is 23.2 Å². The first-order chi connectivity index (χ1) is 8.69. The first kappa shape index (κ1) is 13.0. The van der Waals surface area contributed by atoms with Crippen LogP contribution in [0, 0.1) is 17.8 Å². The van der Waals surface area contributed by atoms with Crippen molar-refractivity contribution in [3.05, 3.63) is 11.1 Å². The standard InChI is InChI=1S/C12H14N2O3S/c1-8-5-9(7-17-8)11(16)14-12-13-6-10(18-12)3-2-4-15/h6,8-9,15H,4-5,7H2,1H3,(H,13,14,16). The molecule has 5 nitrogen and oxygen atoms in total. The highest BCUT2D eigenvalue weighted by Gasteiger charge is 2.28. The van der Waals surface area contributed by atoms with Gasteiger partial charge in [0, 0.05) is 0 Å². The van der Waals surface area contributed by atoms with Crippen molar-refractivity contribution in [2.45, 2.75) is 19.4 Å². The third-order valence-electron chi connectivity index (χ3n) is 2.60. The summed E-state index contributed by atoms with van der Waals surface area (Å²) in [6, 6.07) is 0. The van der Waals surface area contributed by atoms with Crippen LogP contribution in [0.3, 0.4) is 0 Å². The average molecular weight is 266 g/mol. The molecule has 1 aromatic heterocycles. The maximum Gasteiger partial charge on any atom is 0.231 e. The van der Waals surface area contributed by atoms with Crippen LogP contribution >= 0.6 is 11.3 Å². The van der Waals surface area contributed by atoms with Gasteiger partial charge in [-0.05, 0) is 13.3 Å². The molecule has 2 unspecified atom stereocenters. The quantitative estimate of drug-likeness (QED) is 0.779. The number of amides is 1. The minimum Gasteiger partial charge on any atom is -0.384 e. The second-order valence-corrected chi connectivity index (χ2v) is 5.09. The zero-order valence-electron chi connectivity index (χ0n) is 9.97. The first-order valence-corrected chi connectivity index (χ1v) is 6.48. The molecule has 0 aromatic carbocycles. The van der Waals surface area contributed by atoms with E-state index < -0.39 is 0 Å². The number of hydrogen-bond acceptors (Lipinski definition) is 5. The van der Waals surface area contributed by atoms with Gasteiger partial charge >= 0.3 is 0 Å². The number of carbonyl (C=O) groups is 1. The molecule has 18 heavy (non-hydrogen) atoms. The maximum atomic E-state index is 11.9. The number of nitrogens with one attached hydrogen (secondary N) is 1. The number of rotatable bonds is 2. The molecular formula is C12H14N2O3S. The molecule has 0 bridgehead atoms. The maximum absolute atomic E-state index is 11.9. The largest absolute Gasteiger partial charge is 0.384 e. The molecule has 0 aliphatic carbocycles. The summed E-state index contributed by atoms with van der Waals surface area (Å²) < 4.78 is 5.35. The Morgan fingerprint density at radius 1 is 1.78 bits per heavy atom. The van der Waals surface area contributed by atoms with Crippen LogP contribution in [0.4, 0.5) is 5.13 Å². The van der Waals surface area contributed by atoms with E-state index in [9.17, 15) is 4.79 Å². The predicted octanol–water partition coefficient (Wildman–Crippen LogP) is 0.850. The number of aliphatic hydroxyl groups is 1. The van der Waals surface area contributed by atoms with Crippen LogP contribution in [0.25, 0.3) is 0 Å². The minimum absolute atomic E-state index is 0.0598. The molecule has 6 heteroatoms. The Balaban J connectivity index is 1.93. The fourth-order valence-electron chi connectivity index (χ4n) is 1.72. The number of thiazole rings is 1. The van der Waals surface area contributed by atoms with Crippen LogP contribution in [0.15, 0.2) is 6.20 Å². The highest BCUT2D eigenvalue weighted by atomic mass is 32.1. The van der Waals surface area contributed by atoms with E-state index in [-0.39, 0.29) is 24.5 Å². The lowest BCUT2D eigenvalue weighted by Crippen LogP contribution is -2.22. The predicted molar refractivity (Wildman–Crippen MR) is 68.2 cm³/mol. The van der Waals surface area contributed by atoms with Crippen molar-refractivity contribution in [2.75, 3.05) is 18.5 Å². The number of carbonyl (C=O) groups excluding carboxylic acids is 1. The third-order valence-corrected chi connectivity index (χ3v) is 3.42. The summed E-state index contributed by atoms with van der Waals surface area (Å²) in [5.41, 5.74) is 0. The molecule has 0 radical (unpaired) electrons. The van der Waals surface area contributed by atoms with Gasteiger partial charge in [0.05, 0.1) is 29.7 Å². The lowest BCUT2D eigenvalue weighted by atomic mass is 10.1. The minimum atomic E-state index is -0.184. The average Bonchev–Trinajstić information content (AvgIpc) is 2.96. The highest BCUT2D eigenvalue weighted by molar-refractivity contribution is 7.16. The molecule has 1 aromatic rings. The van der Waals surface area contributed by atoms with Crippen molar-refractivity contribution < 1.29 is 14.6 Å².